The van der Waals surface area contributed by atoms with Gasteiger partial charge in [-0.2, -0.15) is 0 Å². The summed E-state index contributed by atoms with van der Waals surface area (Å²) in [6.07, 6.45) is 1.69. The first-order chi connectivity index (χ1) is 9.08. The fourth-order valence-electron chi connectivity index (χ4n) is 1.67. The number of hydrogen-bond acceptors (Lipinski definition) is 4. The van der Waals surface area contributed by atoms with E-state index in [4.69, 9.17) is 10.5 Å². The number of carbonyl (C=O) groups excluding carboxylic acids is 1. The molecule has 0 unspecified atom stereocenters. The highest BCUT2D eigenvalue weighted by Gasteiger charge is 2.13. The van der Waals surface area contributed by atoms with Crippen molar-refractivity contribution in [3.63, 3.8) is 0 Å². The summed E-state index contributed by atoms with van der Waals surface area (Å²) in [5, 5.41) is 0. The van der Waals surface area contributed by atoms with Gasteiger partial charge in [0.05, 0.1) is 16.9 Å². The van der Waals surface area contributed by atoms with E-state index in [1.807, 2.05) is 18.2 Å². The molecule has 0 spiro atoms. The predicted molar refractivity (Wildman–Crippen MR) is 77.1 cm³/mol. The fraction of sp³-hybridized carbons (Fsp3) is 0.143. The summed E-state index contributed by atoms with van der Waals surface area (Å²) >= 11 is 3.31. The Morgan fingerprint density at radius 2 is 2.21 bits per heavy atom. The SMILES string of the molecule is CC(=O)c1cc(Br)cc(N)c1OCc1ccccn1. The lowest BCUT2D eigenvalue weighted by molar-refractivity contribution is 0.101. The molecule has 0 aliphatic carbocycles. The summed E-state index contributed by atoms with van der Waals surface area (Å²) in [5.41, 5.74) is 7.56. The van der Waals surface area contributed by atoms with E-state index >= 15 is 0 Å². The van der Waals surface area contributed by atoms with E-state index in [0.29, 0.717) is 17.0 Å². The summed E-state index contributed by atoms with van der Waals surface area (Å²) < 4.78 is 6.39. The van der Waals surface area contributed by atoms with Crippen molar-refractivity contribution in [2.24, 2.45) is 0 Å². The van der Waals surface area contributed by atoms with Crippen LogP contribution in [0.5, 0.6) is 5.75 Å². The maximum Gasteiger partial charge on any atom is 0.163 e. The van der Waals surface area contributed by atoms with Crippen LogP contribution in [-0.2, 0) is 6.61 Å². The number of halogens is 1. The Bertz CT molecular complexity index is 600. The third kappa shape index (κ3) is 3.32. The van der Waals surface area contributed by atoms with Crippen LogP contribution in [0.4, 0.5) is 5.69 Å². The molecule has 19 heavy (non-hydrogen) atoms. The zero-order valence-corrected chi connectivity index (χ0v) is 12.0. The Kier molecular flexibility index (Phi) is 4.16. The normalized spacial score (nSPS) is 10.2. The summed E-state index contributed by atoms with van der Waals surface area (Å²) in [6, 6.07) is 8.97. The van der Waals surface area contributed by atoms with Gasteiger partial charge in [-0.1, -0.05) is 22.0 Å². The Balaban J connectivity index is 2.27. The first kappa shape index (κ1) is 13.5. The number of ketones is 1. The molecule has 1 aromatic heterocycles. The van der Waals surface area contributed by atoms with Gasteiger partial charge in [0.2, 0.25) is 0 Å². The van der Waals surface area contributed by atoms with Gasteiger partial charge >= 0.3 is 0 Å². The lowest BCUT2D eigenvalue weighted by Gasteiger charge is -2.12. The molecule has 0 atom stereocenters. The maximum absolute atomic E-state index is 11.6. The molecule has 2 aromatic rings. The maximum atomic E-state index is 11.6. The Labute approximate surface area is 119 Å². The van der Waals surface area contributed by atoms with Gasteiger partial charge in [-0.25, -0.2) is 0 Å². The van der Waals surface area contributed by atoms with E-state index in [-0.39, 0.29) is 12.4 Å². The Morgan fingerprint density at radius 1 is 1.42 bits per heavy atom. The van der Waals surface area contributed by atoms with Crippen molar-refractivity contribution in [3.05, 3.63) is 52.3 Å². The third-order valence-electron chi connectivity index (χ3n) is 2.55. The van der Waals surface area contributed by atoms with Gasteiger partial charge < -0.3 is 10.5 Å². The standard InChI is InChI=1S/C14H13BrN2O2/c1-9(18)12-6-10(15)7-13(16)14(12)19-8-11-4-2-3-5-17-11/h2-7H,8,16H2,1H3. The third-order valence-corrected chi connectivity index (χ3v) is 3.01. The fourth-order valence-corrected chi connectivity index (χ4v) is 2.14. The van der Waals surface area contributed by atoms with Crippen molar-refractivity contribution < 1.29 is 9.53 Å². The minimum absolute atomic E-state index is 0.0935. The molecular formula is C14H13BrN2O2. The number of carbonyl (C=O) groups is 1. The number of nitrogens with two attached hydrogens (primary N) is 1. The Morgan fingerprint density at radius 3 is 2.84 bits per heavy atom. The first-order valence-corrected chi connectivity index (χ1v) is 6.50. The second-order valence-corrected chi connectivity index (χ2v) is 4.95. The highest BCUT2D eigenvalue weighted by atomic mass is 79.9. The van der Waals surface area contributed by atoms with E-state index in [9.17, 15) is 4.79 Å². The first-order valence-electron chi connectivity index (χ1n) is 5.70. The van der Waals surface area contributed by atoms with Crippen LogP contribution in [-0.4, -0.2) is 10.8 Å². The number of Topliss-reactive ketones (excluding diaryl/α,β-unsaturated/α-hetero) is 1. The van der Waals surface area contributed by atoms with Crippen LogP contribution in [0, 0.1) is 0 Å². The molecule has 0 saturated heterocycles. The molecular weight excluding hydrogens is 308 g/mol. The molecule has 0 aliphatic rings. The lowest BCUT2D eigenvalue weighted by atomic mass is 10.1. The molecule has 0 amide bonds. The number of aromatic nitrogens is 1. The number of nitrogens with zero attached hydrogens (tertiary/aromatic N) is 1. The Hall–Kier alpha value is -1.88. The van der Waals surface area contributed by atoms with E-state index in [1.54, 1.807) is 18.3 Å². The smallest absolute Gasteiger partial charge is 0.163 e. The second kappa shape index (κ2) is 5.84. The van der Waals surface area contributed by atoms with Crippen molar-refractivity contribution >= 4 is 27.4 Å². The topological polar surface area (TPSA) is 65.2 Å². The van der Waals surface area contributed by atoms with Gasteiger partial charge in [-0.3, -0.25) is 9.78 Å². The van der Waals surface area contributed by atoms with Gasteiger partial charge in [0.25, 0.3) is 0 Å². The predicted octanol–water partition coefficient (Wildman–Crippen LogP) is 3.21. The van der Waals surface area contributed by atoms with E-state index in [0.717, 1.165) is 10.2 Å². The molecule has 2 N–H and O–H groups in total. The molecule has 98 valence electrons. The second-order valence-electron chi connectivity index (χ2n) is 4.04. The number of benzene rings is 1. The van der Waals surface area contributed by atoms with Crippen LogP contribution in [0.1, 0.15) is 23.0 Å². The van der Waals surface area contributed by atoms with Crippen molar-refractivity contribution in [3.8, 4) is 5.75 Å². The lowest BCUT2D eigenvalue weighted by Crippen LogP contribution is -2.05. The number of anilines is 1. The van der Waals surface area contributed by atoms with Crippen LogP contribution in [0.3, 0.4) is 0 Å². The zero-order chi connectivity index (χ0) is 13.8. The van der Waals surface area contributed by atoms with Crippen molar-refractivity contribution in [2.75, 3.05) is 5.73 Å². The van der Waals surface area contributed by atoms with Crippen LogP contribution in [0.2, 0.25) is 0 Å². The molecule has 1 heterocycles. The molecule has 0 radical (unpaired) electrons. The summed E-state index contributed by atoms with van der Waals surface area (Å²) in [6.45, 7) is 1.75. The van der Waals surface area contributed by atoms with Crippen molar-refractivity contribution in [1.29, 1.82) is 0 Å². The summed E-state index contributed by atoms with van der Waals surface area (Å²) in [7, 11) is 0. The average molecular weight is 321 g/mol. The molecule has 2 rings (SSSR count). The summed E-state index contributed by atoms with van der Waals surface area (Å²) in [4.78, 5) is 15.8. The highest BCUT2D eigenvalue weighted by molar-refractivity contribution is 9.10. The molecule has 5 heteroatoms. The average Bonchev–Trinajstić information content (AvgIpc) is 2.38. The number of rotatable bonds is 4. The molecule has 4 nitrogen and oxygen atoms in total. The number of pyridine rings is 1. The van der Waals surface area contributed by atoms with Gasteiger partial charge in [0.15, 0.2) is 11.5 Å². The van der Waals surface area contributed by atoms with Gasteiger partial charge in [-0.05, 0) is 31.2 Å². The molecule has 0 bridgehead atoms. The van der Waals surface area contributed by atoms with Crippen LogP contribution >= 0.6 is 15.9 Å². The highest BCUT2D eigenvalue weighted by Crippen LogP contribution is 2.31. The molecule has 0 fully saturated rings. The van der Waals surface area contributed by atoms with Crippen LogP contribution < -0.4 is 10.5 Å². The van der Waals surface area contributed by atoms with E-state index in [2.05, 4.69) is 20.9 Å². The quantitative estimate of drug-likeness (QED) is 0.694. The molecule has 0 aliphatic heterocycles. The van der Waals surface area contributed by atoms with Crippen molar-refractivity contribution in [1.82, 2.24) is 4.98 Å². The zero-order valence-electron chi connectivity index (χ0n) is 10.4. The van der Waals surface area contributed by atoms with Gasteiger partial charge in [-0.15, -0.1) is 0 Å². The molecule has 1 aromatic carbocycles. The largest absolute Gasteiger partial charge is 0.484 e. The number of nitrogen functional groups attached to an aromatic ring is 1. The van der Waals surface area contributed by atoms with Crippen LogP contribution in [0.15, 0.2) is 41.0 Å². The van der Waals surface area contributed by atoms with E-state index in [1.165, 1.54) is 6.92 Å². The van der Waals surface area contributed by atoms with E-state index < -0.39 is 0 Å². The minimum atomic E-state index is -0.0935. The summed E-state index contributed by atoms with van der Waals surface area (Å²) in [5.74, 6) is 0.311. The monoisotopic (exact) mass is 320 g/mol. The van der Waals surface area contributed by atoms with Crippen LogP contribution in [0.25, 0.3) is 0 Å². The number of hydrogen-bond donors (Lipinski definition) is 1. The van der Waals surface area contributed by atoms with Gasteiger partial charge in [0.1, 0.15) is 6.61 Å². The van der Waals surface area contributed by atoms with Gasteiger partial charge in [0, 0.05) is 10.7 Å². The minimum Gasteiger partial charge on any atom is -0.484 e. The molecule has 0 saturated carbocycles. The van der Waals surface area contributed by atoms with Crippen molar-refractivity contribution in [2.45, 2.75) is 13.5 Å². The number of ether oxygens (including phenoxy) is 1.